The van der Waals surface area contributed by atoms with E-state index in [2.05, 4.69) is 15.5 Å². The van der Waals surface area contributed by atoms with E-state index in [0.717, 1.165) is 0 Å². The molecule has 0 spiro atoms. The number of aromatic amines is 1. The van der Waals surface area contributed by atoms with Crippen LogP contribution in [0.15, 0.2) is 48.5 Å². The fraction of sp³-hybridized carbons (Fsp3) is 0.0625. The number of halogens is 2. The highest BCUT2D eigenvalue weighted by atomic mass is 35.5. The molecule has 0 unspecified atom stereocenters. The van der Waals surface area contributed by atoms with Gasteiger partial charge in [0.25, 0.3) is 5.91 Å². The van der Waals surface area contributed by atoms with Gasteiger partial charge in [0.2, 0.25) is 0 Å². The Labute approximate surface area is 147 Å². The van der Waals surface area contributed by atoms with Gasteiger partial charge in [-0.05, 0) is 36.5 Å². The zero-order valence-corrected chi connectivity index (χ0v) is 13.9. The van der Waals surface area contributed by atoms with E-state index in [1.807, 2.05) is 6.07 Å². The van der Waals surface area contributed by atoms with Gasteiger partial charge >= 0.3 is 0 Å². The first-order valence-corrected chi connectivity index (χ1v) is 7.80. The van der Waals surface area contributed by atoms with Crippen molar-refractivity contribution < 1.29 is 9.18 Å². The lowest BCUT2D eigenvalue weighted by Crippen LogP contribution is -2.25. The zero-order chi connectivity index (χ0) is 17.1. The molecule has 0 aliphatic rings. The van der Waals surface area contributed by atoms with E-state index < -0.39 is 11.7 Å². The number of rotatable bonds is 4. The predicted octanol–water partition coefficient (Wildman–Crippen LogP) is 3.65. The van der Waals surface area contributed by atoms with Crippen molar-refractivity contribution in [2.45, 2.75) is 6.54 Å². The van der Waals surface area contributed by atoms with E-state index in [1.54, 1.807) is 28.8 Å². The molecule has 122 valence electrons. The summed E-state index contributed by atoms with van der Waals surface area (Å²) < 4.78 is 15.6. The summed E-state index contributed by atoms with van der Waals surface area (Å²) in [6.07, 6.45) is 0. The maximum Gasteiger partial charge on any atom is 0.254 e. The Kier molecular flexibility index (Phi) is 4.73. The van der Waals surface area contributed by atoms with E-state index in [0.29, 0.717) is 21.3 Å². The van der Waals surface area contributed by atoms with E-state index in [-0.39, 0.29) is 12.1 Å². The molecule has 0 saturated carbocycles. The molecule has 1 aromatic heterocycles. The fourth-order valence-corrected chi connectivity index (χ4v) is 2.70. The van der Waals surface area contributed by atoms with Crippen LogP contribution in [0.4, 0.5) is 4.39 Å². The lowest BCUT2D eigenvalue weighted by atomic mass is 10.2. The normalized spacial score (nSPS) is 10.6. The molecule has 1 amide bonds. The number of carbonyl (C=O) groups is 1. The standard InChI is InChI=1S/C16H12ClFN4OS/c17-11-6-2-4-8-13(11)22-14(20-21-16(22)24)9-19-15(23)10-5-1-3-7-12(10)18/h1-8H,9H2,(H,19,23)(H,21,24). The zero-order valence-electron chi connectivity index (χ0n) is 12.3. The smallest absolute Gasteiger partial charge is 0.254 e. The molecule has 0 radical (unpaired) electrons. The molecule has 0 fully saturated rings. The summed E-state index contributed by atoms with van der Waals surface area (Å²) in [7, 11) is 0. The molecule has 8 heteroatoms. The van der Waals surface area contributed by atoms with Crippen LogP contribution < -0.4 is 5.32 Å². The summed E-state index contributed by atoms with van der Waals surface area (Å²) in [6, 6.07) is 12.9. The summed E-state index contributed by atoms with van der Waals surface area (Å²) in [5.74, 6) is -0.662. The van der Waals surface area contributed by atoms with E-state index in [4.69, 9.17) is 23.8 Å². The number of para-hydroxylation sites is 1. The molecular formula is C16H12ClFN4OS. The highest BCUT2D eigenvalue weighted by Gasteiger charge is 2.14. The number of aromatic nitrogens is 3. The van der Waals surface area contributed by atoms with Crippen LogP contribution in [-0.2, 0) is 6.54 Å². The Morgan fingerprint density at radius 1 is 1.25 bits per heavy atom. The molecule has 3 rings (SSSR count). The van der Waals surface area contributed by atoms with Crippen molar-refractivity contribution in [1.29, 1.82) is 0 Å². The van der Waals surface area contributed by atoms with E-state index >= 15 is 0 Å². The topological polar surface area (TPSA) is 62.7 Å². The minimum Gasteiger partial charge on any atom is -0.345 e. The van der Waals surface area contributed by atoms with Gasteiger partial charge in [0, 0.05) is 0 Å². The molecule has 3 aromatic rings. The van der Waals surface area contributed by atoms with Gasteiger partial charge in [-0.1, -0.05) is 35.9 Å². The van der Waals surface area contributed by atoms with E-state index in [9.17, 15) is 9.18 Å². The van der Waals surface area contributed by atoms with Gasteiger partial charge in [0.05, 0.1) is 22.8 Å². The molecule has 0 atom stereocenters. The lowest BCUT2D eigenvalue weighted by Gasteiger charge is -2.10. The largest absolute Gasteiger partial charge is 0.345 e. The summed E-state index contributed by atoms with van der Waals surface area (Å²) in [5, 5.41) is 9.89. The molecular weight excluding hydrogens is 351 g/mol. The van der Waals surface area contributed by atoms with Crippen molar-refractivity contribution in [2.75, 3.05) is 0 Å². The van der Waals surface area contributed by atoms with Crippen molar-refractivity contribution in [3.8, 4) is 5.69 Å². The Bertz CT molecular complexity index is 953. The van der Waals surface area contributed by atoms with Crippen LogP contribution in [0.2, 0.25) is 5.02 Å². The quantitative estimate of drug-likeness (QED) is 0.696. The summed E-state index contributed by atoms with van der Waals surface area (Å²) in [4.78, 5) is 12.1. The minimum atomic E-state index is -0.583. The number of hydrogen-bond acceptors (Lipinski definition) is 3. The van der Waals surface area contributed by atoms with Gasteiger partial charge < -0.3 is 5.32 Å². The molecule has 1 heterocycles. The third-order valence-electron chi connectivity index (χ3n) is 3.36. The van der Waals surface area contributed by atoms with Crippen LogP contribution in [0.25, 0.3) is 5.69 Å². The number of hydrogen-bond donors (Lipinski definition) is 2. The summed E-state index contributed by atoms with van der Waals surface area (Å²) >= 11 is 11.4. The molecule has 0 aliphatic carbocycles. The number of nitrogens with one attached hydrogen (secondary N) is 2. The molecule has 24 heavy (non-hydrogen) atoms. The van der Waals surface area contributed by atoms with Crippen molar-refractivity contribution >= 4 is 29.7 Å². The molecule has 2 aromatic carbocycles. The van der Waals surface area contributed by atoms with Gasteiger partial charge in [0.1, 0.15) is 5.82 Å². The maximum absolute atomic E-state index is 13.6. The SMILES string of the molecule is O=C(NCc1n[nH]c(=S)n1-c1ccccc1Cl)c1ccccc1F. The number of H-pyrrole nitrogens is 1. The van der Waals surface area contributed by atoms with Gasteiger partial charge in [-0.3, -0.25) is 14.5 Å². The first-order valence-electron chi connectivity index (χ1n) is 7.02. The first kappa shape index (κ1) is 16.4. The highest BCUT2D eigenvalue weighted by Crippen LogP contribution is 2.21. The van der Waals surface area contributed by atoms with E-state index in [1.165, 1.54) is 18.2 Å². The molecule has 2 N–H and O–H groups in total. The predicted molar refractivity (Wildman–Crippen MR) is 91.3 cm³/mol. The van der Waals surface area contributed by atoms with Gasteiger partial charge in [0.15, 0.2) is 10.6 Å². The third-order valence-corrected chi connectivity index (χ3v) is 3.95. The fourth-order valence-electron chi connectivity index (χ4n) is 2.23. The second-order valence-corrected chi connectivity index (χ2v) is 5.69. The second kappa shape index (κ2) is 6.94. The average Bonchev–Trinajstić information content (AvgIpc) is 2.94. The molecule has 5 nitrogen and oxygen atoms in total. The van der Waals surface area contributed by atoms with Crippen LogP contribution in [0.1, 0.15) is 16.2 Å². The van der Waals surface area contributed by atoms with Crippen LogP contribution in [0.3, 0.4) is 0 Å². The van der Waals surface area contributed by atoms with Crippen molar-refractivity contribution in [3.63, 3.8) is 0 Å². The second-order valence-electron chi connectivity index (χ2n) is 4.89. The maximum atomic E-state index is 13.6. The van der Waals surface area contributed by atoms with Gasteiger partial charge in [-0.15, -0.1) is 0 Å². The number of amides is 1. The monoisotopic (exact) mass is 362 g/mol. The Morgan fingerprint density at radius 2 is 1.96 bits per heavy atom. The molecule has 0 saturated heterocycles. The van der Waals surface area contributed by atoms with Crippen LogP contribution >= 0.6 is 23.8 Å². The molecule has 0 aliphatic heterocycles. The average molecular weight is 363 g/mol. The van der Waals surface area contributed by atoms with Crippen LogP contribution in [0, 0.1) is 10.6 Å². The number of nitrogens with zero attached hydrogens (tertiary/aromatic N) is 2. The van der Waals surface area contributed by atoms with Gasteiger partial charge in [-0.25, -0.2) is 4.39 Å². The number of carbonyl (C=O) groups excluding carboxylic acids is 1. The lowest BCUT2D eigenvalue weighted by molar-refractivity contribution is 0.0945. The number of benzene rings is 2. The third kappa shape index (κ3) is 3.22. The Balaban J connectivity index is 1.85. The Hall–Kier alpha value is -2.51. The summed E-state index contributed by atoms with van der Waals surface area (Å²) in [5.41, 5.74) is 0.615. The highest BCUT2D eigenvalue weighted by molar-refractivity contribution is 7.71. The minimum absolute atomic E-state index is 0.0315. The van der Waals surface area contributed by atoms with Crippen LogP contribution in [0.5, 0.6) is 0 Å². The van der Waals surface area contributed by atoms with Crippen molar-refractivity contribution in [1.82, 2.24) is 20.1 Å². The molecule has 0 bridgehead atoms. The van der Waals surface area contributed by atoms with Gasteiger partial charge in [-0.2, -0.15) is 5.10 Å². The van der Waals surface area contributed by atoms with Crippen molar-refractivity contribution in [3.05, 3.63) is 75.5 Å². The first-order chi connectivity index (χ1) is 11.6. The summed E-state index contributed by atoms with van der Waals surface area (Å²) in [6.45, 7) is 0.0610. The van der Waals surface area contributed by atoms with Crippen molar-refractivity contribution in [2.24, 2.45) is 0 Å². The van der Waals surface area contributed by atoms with Crippen LogP contribution in [-0.4, -0.2) is 20.7 Å². The Morgan fingerprint density at radius 3 is 2.71 bits per heavy atom.